The zero-order valence-electron chi connectivity index (χ0n) is 28.1. The molecule has 2 amide bonds. The van der Waals surface area contributed by atoms with E-state index in [1.54, 1.807) is 5.01 Å². The van der Waals surface area contributed by atoms with Crippen molar-refractivity contribution in [3.05, 3.63) is 73.3 Å². The van der Waals surface area contributed by atoms with Gasteiger partial charge in [0.25, 0.3) is 5.91 Å². The molecule has 3 fully saturated rings. The van der Waals surface area contributed by atoms with Gasteiger partial charge in [0.1, 0.15) is 22.9 Å². The minimum Gasteiger partial charge on any atom is -0.545 e. The maximum atomic E-state index is 16.0. The number of fused-ring (bicyclic) bond motifs is 2. The van der Waals surface area contributed by atoms with E-state index in [-0.39, 0.29) is 119 Å². The van der Waals surface area contributed by atoms with Crippen LogP contribution in [0, 0.1) is 11.6 Å². The average molecular weight is 789 g/mol. The van der Waals surface area contributed by atoms with E-state index >= 15 is 8.78 Å². The number of carboxylic acid groups (broad SMARTS) is 2. The summed E-state index contributed by atoms with van der Waals surface area (Å²) in [6.07, 6.45) is 2.55. The zero-order valence-corrected chi connectivity index (χ0v) is 34.6. The number of β-lactam (4-membered cyclic amide) rings is 1. The fourth-order valence-corrected chi connectivity index (χ4v) is 9.25. The molecular formula is C32H28F2N6Na2O7S3. The zero-order chi connectivity index (χ0) is 35.3. The average Bonchev–Trinajstić information content (AvgIpc) is 3.81. The number of carboxylic acids is 2. The molecule has 0 unspecified atom stereocenters. The molecule has 262 valence electrons. The number of hydrogen-bond donors (Lipinski definition) is 1. The van der Waals surface area contributed by atoms with Gasteiger partial charge in [0.05, 0.1) is 59.2 Å². The van der Waals surface area contributed by atoms with Gasteiger partial charge in [0, 0.05) is 41.7 Å². The van der Waals surface area contributed by atoms with E-state index in [1.165, 1.54) is 54.8 Å². The predicted octanol–water partition coefficient (Wildman–Crippen LogP) is -5.51. The molecule has 2 atom stereocenters. The number of anilines is 1. The maximum absolute atomic E-state index is 16.0. The van der Waals surface area contributed by atoms with Crippen LogP contribution in [0.2, 0.25) is 0 Å². The molecule has 13 nitrogen and oxygen atoms in total. The first kappa shape index (κ1) is 40.8. The molecule has 0 radical (unpaired) electrons. The quantitative estimate of drug-likeness (QED) is 0.0852. The Morgan fingerprint density at radius 1 is 1.08 bits per heavy atom. The first-order chi connectivity index (χ1) is 24.0. The fraction of sp³-hybridized carbons (Fsp3) is 0.375. The van der Waals surface area contributed by atoms with E-state index in [0.29, 0.717) is 37.3 Å². The Bertz CT molecular complexity index is 2040. The Labute approximate surface area is 352 Å². The van der Waals surface area contributed by atoms with Crippen molar-refractivity contribution in [3.63, 3.8) is 0 Å². The number of rotatable bonds is 11. The number of carbonyl (C=O) groups is 4. The number of pyridine rings is 1. The Morgan fingerprint density at radius 2 is 1.81 bits per heavy atom. The van der Waals surface area contributed by atoms with Gasteiger partial charge in [0.2, 0.25) is 5.91 Å². The number of hydrazone groups is 1. The standard InChI is InChI=1S/C32H30F2N6O7S3.2Na/c33-21-11-19-26(39(17-3-4-17)12-20(28(19)42)31(44)45)23(34)27(21)37-5-7-38(8-6-37)35-15-48-13-16-14-50-30-24(29(43)40(30)25(16)32(46)47)36-22(41)10-18-2-1-9-49-18;;/h1-2,9,11-12,15,17,24,30H,3-8,10,13-14H2,(H,36,41)(H,44,45)(H,46,47);;/q;2*+1/p-2/t24-,30-;;/m1../s1. The third-order valence-corrected chi connectivity index (χ3v) is 11.9. The minimum absolute atomic E-state index is 0. The van der Waals surface area contributed by atoms with Gasteiger partial charge >= 0.3 is 59.1 Å². The van der Waals surface area contributed by atoms with Gasteiger partial charge in [-0.2, -0.15) is 5.10 Å². The SMILES string of the molecule is O=C(Cc1cccs1)N[C@@H]1C(=O)N2C(C(=O)[O-])=C(CSC=NN3CCN(c4c(F)cc5c(=O)c(C(=O)[O-])cn(C6CC6)c5c4F)CC3)CS[C@H]12.[Na+].[Na+]. The summed E-state index contributed by atoms with van der Waals surface area (Å²) in [5, 5.41) is 33.4. The van der Waals surface area contributed by atoms with Crippen LogP contribution in [-0.2, 0) is 20.8 Å². The third-order valence-electron chi connectivity index (χ3n) is 8.93. The van der Waals surface area contributed by atoms with Crippen molar-refractivity contribution in [2.24, 2.45) is 5.10 Å². The second kappa shape index (κ2) is 16.9. The number of amides is 2. The number of thioether (sulfide) groups is 2. The largest absolute Gasteiger partial charge is 1.00 e. The number of aliphatic carboxylic acids is 1. The molecule has 5 heterocycles. The van der Waals surface area contributed by atoms with Crippen LogP contribution in [0.5, 0.6) is 0 Å². The van der Waals surface area contributed by atoms with Gasteiger partial charge in [-0.3, -0.25) is 24.3 Å². The normalized spacial score (nSPS) is 20.0. The van der Waals surface area contributed by atoms with Gasteiger partial charge in [-0.15, -0.1) is 34.9 Å². The van der Waals surface area contributed by atoms with Crippen molar-refractivity contribution in [3.8, 4) is 0 Å². The summed E-state index contributed by atoms with van der Waals surface area (Å²) in [4.78, 5) is 65.3. The molecule has 52 heavy (non-hydrogen) atoms. The first-order valence-electron chi connectivity index (χ1n) is 15.7. The van der Waals surface area contributed by atoms with Crippen LogP contribution in [-0.4, -0.2) is 92.9 Å². The van der Waals surface area contributed by atoms with Crippen LogP contribution < -0.4 is 85.0 Å². The Balaban J connectivity index is 0.00000261. The molecule has 4 aliphatic rings. The topological polar surface area (TPSA) is 171 Å². The van der Waals surface area contributed by atoms with Crippen LogP contribution in [0.3, 0.4) is 0 Å². The van der Waals surface area contributed by atoms with Crippen LogP contribution >= 0.6 is 34.9 Å². The van der Waals surface area contributed by atoms with Crippen LogP contribution in [0.4, 0.5) is 14.5 Å². The van der Waals surface area contributed by atoms with Gasteiger partial charge < -0.3 is 34.6 Å². The molecule has 2 aromatic heterocycles. The second-order valence-electron chi connectivity index (χ2n) is 12.1. The van der Waals surface area contributed by atoms with E-state index in [9.17, 15) is 34.2 Å². The number of piperazine rings is 1. The van der Waals surface area contributed by atoms with Crippen molar-refractivity contribution in [1.82, 2.24) is 19.8 Å². The molecule has 20 heteroatoms. The van der Waals surface area contributed by atoms with Crippen molar-refractivity contribution >= 4 is 80.8 Å². The number of benzene rings is 1. The molecule has 0 spiro atoms. The molecule has 3 aliphatic heterocycles. The van der Waals surface area contributed by atoms with E-state index < -0.39 is 51.9 Å². The van der Waals surface area contributed by atoms with Crippen LogP contribution in [0.15, 0.2) is 50.9 Å². The van der Waals surface area contributed by atoms with Crippen molar-refractivity contribution in [2.45, 2.75) is 36.7 Å². The second-order valence-corrected chi connectivity index (χ2v) is 15.1. The molecule has 3 aromatic rings. The van der Waals surface area contributed by atoms with Gasteiger partial charge in [-0.05, 0) is 35.9 Å². The van der Waals surface area contributed by atoms with E-state index in [1.807, 2.05) is 17.5 Å². The number of nitrogens with one attached hydrogen (secondary N) is 1. The molecule has 1 N–H and O–H groups in total. The molecule has 1 aromatic carbocycles. The molecule has 1 saturated carbocycles. The number of carbonyl (C=O) groups excluding carboxylic acids is 4. The number of aromatic carboxylic acids is 1. The Kier molecular flexibility index (Phi) is 13.3. The molecular weight excluding hydrogens is 761 g/mol. The third kappa shape index (κ3) is 8.00. The summed E-state index contributed by atoms with van der Waals surface area (Å²) < 4.78 is 32.7. The van der Waals surface area contributed by atoms with Gasteiger partial charge in [-0.1, -0.05) is 6.07 Å². The number of thiophene rings is 1. The summed E-state index contributed by atoms with van der Waals surface area (Å²) in [5.41, 5.74) is -0.248. The molecule has 1 aliphatic carbocycles. The van der Waals surface area contributed by atoms with Crippen LogP contribution in [0.1, 0.15) is 34.1 Å². The summed E-state index contributed by atoms with van der Waals surface area (Å²) in [6, 6.07) is 3.52. The van der Waals surface area contributed by atoms with Crippen LogP contribution in [0.25, 0.3) is 10.9 Å². The van der Waals surface area contributed by atoms with Crippen molar-refractivity contribution in [2.75, 3.05) is 42.6 Å². The minimum atomic E-state index is -1.71. The molecule has 0 bridgehead atoms. The van der Waals surface area contributed by atoms with Gasteiger partial charge in [-0.25, -0.2) is 8.78 Å². The number of hydrogen-bond acceptors (Lipinski definition) is 13. The van der Waals surface area contributed by atoms with Crippen molar-refractivity contribution < 1.29 is 97.3 Å². The van der Waals surface area contributed by atoms with E-state index in [0.717, 1.165) is 17.1 Å². The number of nitrogens with zero attached hydrogens (tertiary/aromatic N) is 5. The number of aromatic nitrogens is 1. The predicted molar refractivity (Wildman–Crippen MR) is 181 cm³/mol. The fourth-order valence-electron chi connectivity index (χ4n) is 6.36. The molecule has 2 saturated heterocycles. The smallest absolute Gasteiger partial charge is 0.545 e. The van der Waals surface area contributed by atoms with Gasteiger partial charge in [0.15, 0.2) is 11.2 Å². The maximum Gasteiger partial charge on any atom is 1.00 e. The number of halogens is 2. The summed E-state index contributed by atoms with van der Waals surface area (Å²) >= 11 is 4.01. The monoisotopic (exact) mass is 788 g/mol. The summed E-state index contributed by atoms with van der Waals surface area (Å²) in [5.74, 6) is -5.37. The Morgan fingerprint density at radius 3 is 2.44 bits per heavy atom. The molecule has 7 rings (SSSR count). The Hall–Kier alpha value is -2.42. The van der Waals surface area contributed by atoms with E-state index in [4.69, 9.17) is 0 Å². The first-order valence-corrected chi connectivity index (χ1v) is 18.6. The van der Waals surface area contributed by atoms with Crippen molar-refractivity contribution in [1.29, 1.82) is 0 Å². The summed E-state index contributed by atoms with van der Waals surface area (Å²) in [6.45, 7) is 1.01. The summed E-state index contributed by atoms with van der Waals surface area (Å²) in [7, 11) is 0. The van der Waals surface area contributed by atoms with E-state index in [2.05, 4.69) is 10.4 Å².